The van der Waals surface area contributed by atoms with Crippen molar-refractivity contribution in [2.75, 3.05) is 6.61 Å². The topological polar surface area (TPSA) is 75.6 Å². The molecule has 1 amide bonds. The number of carbonyl (C=O) groups excluding carboxylic acids is 1. The van der Waals surface area contributed by atoms with Gasteiger partial charge in [-0.25, -0.2) is 9.59 Å². The van der Waals surface area contributed by atoms with Crippen LogP contribution in [0.15, 0.2) is 0 Å². The van der Waals surface area contributed by atoms with Crippen molar-refractivity contribution in [1.29, 1.82) is 0 Å². The molecule has 1 aliphatic rings. The Kier molecular flexibility index (Phi) is 5.80. The van der Waals surface area contributed by atoms with Gasteiger partial charge >= 0.3 is 12.1 Å². The van der Waals surface area contributed by atoms with Gasteiger partial charge < -0.3 is 15.2 Å². The summed E-state index contributed by atoms with van der Waals surface area (Å²) in [6, 6.07) is -0.799. The predicted octanol–water partition coefficient (Wildman–Crippen LogP) is 2.16. The molecule has 0 bridgehead atoms. The Hall–Kier alpha value is -1.26. The highest BCUT2D eigenvalue weighted by Gasteiger charge is 2.32. The second-order valence-corrected chi connectivity index (χ2v) is 4.49. The highest BCUT2D eigenvalue weighted by Crippen LogP contribution is 2.27. The van der Waals surface area contributed by atoms with Crippen LogP contribution in [0, 0.1) is 5.92 Å². The van der Waals surface area contributed by atoms with E-state index in [1.807, 2.05) is 6.92 Å². The average molecular weight is 243 g/mol. The van der Waals surface area contributed by atoms with Gasteiger partial charge in [0.1, 0.15) is 6.04 Å². The summed E-state index contributed by atoms with van der Waals surface area (Å²) in [5, 5.41) is 11.5. The summed E-state index contributed by atoms with van der Waals surface area (Å²) in [6.45, 7) is 2.35. The van der Waals surface area contributed by atoms with Gasteiger partial charge in [-0.3, -0.25) is 0 Å². The van der Waals surface area contributed by atoms with Crippen molar-refractivity contribution in [3.8, 4) is 0 Å². The van der Waals surface area contributed by atoms with Crippen molar-refractivity contribution >= 4 is 12.1 Å². The lowest BCUT2D eigenvalue weighted by Crippen LogP contribution is -2.45. The molecule has 1 atom stereocenters. The molecule has 0 unspecified atom stereocenters. The summed E-state index contributed by atoms with van der Waals surface area (Å²) in [7, 11) is 0. The van der Waals surface area contributed by atoms with Crippen molar-refractivity contribution in [2.45, 2.75) is 51.5 Å². The number of ether oxygens (including phenoxy) is 1. The first-order valence-electron chi connectivity index (χ1n) is 6.31. The normalized spacial score (nSPS) is 17.7. The zero-order chi connectivity index (χ0) is 12.7. The fourth-order valence-corrected chi connectivity index (χ4v) is 2.15. The fraction of sp³-hybridized carbons (Fsp3) is 0.833. The lowest BCUT2D eigenvalue weighted by atomic mass is 9.98. The monoisotopic (exact) mass is 243 g/mol. The minimum Gasteiger partial charge on any atom is -0.480 e. The molecule has 0 spiro atoms. The summed E-state index contributed by atoms with van der Waals surface area (Å²) in [5.74, 6) is -0.921. The Bertz CT molecular complexity index is 261. The van der Waals surface area contributed by atoms with E-state index in [0.29, 0.717) is 6.61 Å². The number of hydrogen-bond donors (Lipinski definition) is 2. The van der Waals surface area contributed by atoms with Gasteiger partial charge in [-0.1, -0.05) is 26.2 Å². The first-order chi connectivity index (χ1) is 8.15. The molecule has 17 heavy (non-hydrogen) atoms. The lowest BCUT2D eigenvalue weighted by Gasteiger charge is -2.20. The lowest BCUT2D eigenvalue weighted by molar-refractivity contribution is -0.140. The number of rotatable bonds is 6. The van der Waals surface area contributed by atoms with Gasteiger partial charge in [0.15, 0.2) is 0 Å². The molecule has 5 heteroatoms. The first kappa shape index (κ1) is 13.8. The molecular formula is C12H21NO4. The predicted molar refractivity (Wildman–Crippen MR) is 62.8 cm³/mol. The number of unbranched alkanes of at least 4 members (excludes halogenated alkanes) is 1. The molecule has 0 aromatic rings. The number of carboxylic acids is 1. The highest BCUT2D eigenvalue weighted by molar-refractivity contribution is 5.80. The molecule has 0 aromatic carbocycles. The van der Waals surface area contributed by atoms with Crippen LogP contribution in [-0.2, 0) is 9.53 Å². The maximum atomic E-state index is 11.4. The summed E-state index contributed by atoms with van der Waals surface area (Å²) in [4.78, 5) is 22.5. The first-order valence-corrected chi connectivity index (χ1v) is 6.31. The van der Waals surface area contributed by atoms with Crippen LogP contribution in [0.3, 0.4) is 0 Å². The molecular weight excluding hydrogens is 222 g/mol. The molecule has 98 valence electrons. The Balaban J connectivity index is 2.37. The fourth-order valence-electron chi connectivity index (χ4n) is 2.15. The standard InChI is InChI=1S/C12H21NO4/c1-2-3-8-17-12(16)13-10(11(14)15)9-6-4-5-7-9/h9-10H,2-8H2,1H3,(H,13,16)(H,14,15)/t10-/m0/s1. The van der Waals surface area contributed by atoms with Crippen LogP contribution in [-0.4, -0.2) is 29.8 Å². The maximum Gasteiger partial charge on any atom is 0.407 e. The summed E-state index contributed by atoms with van der Waals surface area (Å²) in [5.41, 5.74) is 0. The number of carboxylic acid groups (broad SMARTS) is 1. The van der Waals surface area contributed by atoms with E-state index in [1.54, 1.807) is 0 Å². The number of hydrogen-bond acceptors (Lipinski definition) is 3. The van der Waals surface area contributed by atoms with Crippen LogP contribution in [0.2, 0.25) is 0 Å². The zero-order valence-corrected chi connectivity index (χ0v) is 10.3. The van der Waals surface area contributed by atoms with E-state index in [-0.39, 0.29) is 5.92 Å². The summed E-state index contributed by atoms with van der Waals surface area (Å²) in [6.07, 6.45) is 4.95. The van der Waals surface area contributed by atoms with E-state index in [9.17, 15) is 9.59 Å². The third kappa shape index (κ3) is 4.63. The summed E-state index contributed by atoms with van der Waals surface area (Å²) < 4.78 is 4.91. The van der Waals surface area contributed by atoms with Crippen molar-refractivity contribution < 1.29 is 19.4 Å². The molecule has 5 nitrogen and oxygen atoms in total. The van der Waals surface area contributed by atoms with Crippen LogP contribution in [0.5, 0.6) is 0 Å². The van der Waals surface area contributed by atoms with E-state index in [1.165, 1.54) is 0 Å². The van der Waals surface area contributed by atoms with E-state index in [2.05, 4.69) is 5.32 Å². The molecule has 1 rings (SSSR count). The van der Waals surface area contributed by atoms with Crippen LogP contribution < -0.4 is 5.32 Å². The Morgan fingerprint density at radius 2 is 2.06 bits per heavy atom. The molecule has 1 fully saturated rings. The molecule has 0 aliphatic heterocycles. The van der Waals surface area contributed by atoms with Gasteiger partial charge in [0.2, 0.25) is 0 Å². The molecule has 0 aromatic heterocycles. The molecule has 1 saturated carbocycles. The molecule has 2 N–H and O–H groups in total. The van der Waals surface area contributed by atoms with Gasteiger partial charge in [-0.15, -0.1) is 0 Å². The largest absolute Gasteiger partial charge is 0.480 e. The number of nitrogens with one attached hydrogen (secondary N) is 1. The molecule has 0 saturated heterocycles. The number of aliphatic carboxylic acids is 1. The maximum absolute atomic E-state index is 11.4. The van der Waals surface area contributed by atoms with Gasteiger partial charge in [0.05, 0.1) is 6.61 Å². The number of amides is 1. The van der Waals surface area contributed by atoms with Crippen LogP contribution in [0.1, 0.15) is 45.4 Å². The summed E-state index contributed by atoms with van der Waals surface area (Å²) >= 11 is 0. The van der Waals surface area contributed by atoms with E-state index >= 15 is 0 Å². The minimum absolute atomic E-state index is 0.0474. The Morgan fingerprint density at radius 3 is 2.59 bits per heavy atom. The number of alkyl carbamates (subject to hydrolysis) is 1. The Morgan fingerprint density at radius 1 is 1.41 bits per heavy atom. The van der Waals surface area contributed by atoms with Crippen LogP contribution in [0.25, 0.3) is 0 Å². The second kappa shape index (κ2) is 7.14. The average Bonchev–Trinajstić information content (AvgIpc) is 2.79. The van der Waals surface area contributed by atoms with E-state index < -0.39 is 18.1 Å². The van der Waals surface area contributed by atoms with Crippen molar-refractivity contribution in [3.63, 3.8) is 0 Å². The highest BCUT2D eigenvalue weighted by atomic mass is 16.5. The van der Waals surface area contributed by atoms with Crippen molar-refractivity contribution in [3.05, 3.63) is 0 Å². The third-order valence-electron chi connectivity index (χ3n) is 3.14. The van der Waals surface area contributed by atoms with Crippen molar-refractivity contribution in [1.82, 2.24) is 5.32 Å². The van der Waals surface area contributed by atoms with Gasteiger partial charge in [0, 0.05) is 0 Å². The van der Waals surface area contributed by atoms with Gasteiger partial charge in [-0.05, 0) is 25.2 Å². The number of carbonyl (C=O) groups is 2. The van der Waals surface area contributed by atoms with Crippen LogP contribution >= 0.6 is 0 Å². The Labute approximate surface area is 102 Å². The third-order valence-corrected chi connectivity index (χ3v) is 3.14. The van der Waals surface area contributed by atoms with E-state index in [4.69, 9.17) is 9.84 Å². The van der Waals surface area contributed by atoms with Gasteiger partial charge in [0.25, 0.3) is 0 Å². The SMILES string of the molecule is CCCCOC(=O)N[C@H](C(=O)O)C1CCCC1. The smallest absolute Gasteiger partial charge is 0.407 e. The zero-order valence-electron chi connectivity index (χ0n) is 10.3. The minimum atomic E-state index is -0.968. The second-order valence-electron chi connectivity index (χ2n) is 4.49. The molecule has 0 heterocycles. The van der Waals surface area contributed by atoms with Crippen molar-refractivity contribution in [2.24, 2.45) is 5.92 Å². The van der Waals surface area contributed by atoms with Gasteiger partial charge in [-0.2, -0.15) is 0 Å². The quantitative estimate of drug-likeness (QED) is 0.701. The van der Waals surface area contributed by atoms with Crippen LogP contribution in [0.4, 0.5) is 4.79 Å². The van der Waals surface area contributed by atoms with E-state index in [0.717, 1.165) is 38.5 Å². The molecule has 0 radical (unpaired) electrons. The molecule has 1 aliphatic carbocycles.